The smallest absolute Gasteiger partial charge is 0.200 e. The number of thioether (sulfide) groups is 1. The van der Waals surface area contributed by atoms with Crippen LogP contribution in [0.5, 0.6) is 0 Å². The second kappa shape index (κ2) is 4.57. The summed E-state index contributed by atoms with van der Waals surface area (Å²) in [6.07, 6.45) is 0. The number of aromatic nitrogens is 8. The molecule has 0 N–H and O–H groups in total. The summed E-state index contributed by atoms with van der Waals surface area (Å²) < 4.78 is 3.25. The highest BCUT2D eigenvalue weighted by molar-refractivity contribution is 7.99. The molecule has 9 heteroatoms. The summed E-state index contributed by atoms with van der Waals surface area (Å²) in [4.78, 5) is 0. The number of hydrogen-bond donors (Lipinski definition) is 0. The molecule has 19 heavy (non-hydrogen) atoms. The molecule has 0 aromatic carbocycles. The normalized spacial score (nSPS) is 11.3. The monoisotopic (exact) mass is 276 g/mol. The quantitative estimate of drug-likeness (QED) is 0.655. The van der Waals surface area contributed by atoms with Gasteiger partial charge in [-0.1, -0.05) is 18.7 Å². The first kappa shape index (κ1) is 12.0. The molecule has 8 nitrogen and oxygen atoms in total. The zero-order chi connectivity index (χ0) is 13.4. The van der Waals surface area contributed by atoms with Crippen molar-refractivity contribution in [1.82, 2.24) is 39.8 Å². The maximum absolute atomic E-state index is 4.40. The fraction of sp³-hybridized carbons (Fsp3) is 0.400. The predicted molar refractivity (Wildman–Crippen MR) is 69.4 cm³/mol. The number of fused-ring (bicyclic) bond motifs is 1. The highest BCUT2D eigenvalue weighted by Gasteiger charge is 2.12. The van der Waals surface area contributed by atoms with Crippen LogP contribution in [0.15, 0.2) is 11.2 Å². The molecule has 98 valence electrons. The molecule has 3 aromatic rings. The van der Waals surface area contributed by atoms with E-state index in [2.05, 4.69) is 30.6 Å². The molecule has 3 rings (SSSR count). The van der Waals surface area contributed by atoms with Crippen LogP contribution in [0.2, 0.25) is 0 Å². The topological polar surface area (TPSA) is 86.7 Å². The second-order valence-electron chi connectivity index (χ2n) is 3.97. The number of hydrogen-bond acceptors (Lipinski definition) is 7. The molecule has 0 saturated heterocycles. The average Bonchev–Trinajstić information content (AvgIpc) is 2.93. The standard InChI is InChI=1S/C10H12N8S/c1-4-19-10-14-12-8-11-13-9(16-18(8)10)17-7(3)5-6(2)15-17/h5H,4H2,1-3H3. The van der Waals surface area contributed by atoms with Crippen molar-refractivity contribution in [2.24, 2.45) is 0 Å². The van der Waals surface area contributed by atoms with E-state index in [9.17, 15) is 0 Å². The van der Waals surface area contributed by atoms with Gasteiger partial charge in [0, 0.05) is 5.69 Å². The summed E-state index contributed by atoms with van der Waals surface area (Å²) in [6.45, 7) is 5.91. The first-order chi connectivity index (χ1) is 9.19. The van der Waals surface area contributed by atoms with Crippen LogP contribution in [0.1, 0.15) is 18.3 Å². The maximum Gasteiger partial charge on any atom is 0.291 e. The Hall–Kier alpha value is -2.03. The summed E-state index contributed by atoms with van der Waals surface area (Å²) in [5.41, 5.74) is 1.87. The van der Waals surface area contributed by atoms with Crippen molar-refractivity contribution < 1.29 is 0 Å². The fourth-order valence-corrected chi connectivity index (χ4v) is 2.34. The summed E-state index contributed by atoms with van der Waals surface area (Å²) in [7, 11) is 0. The minimum absolute atomic E-state index is 0.390. The number of rotatable bonds is 3. The third kappa shape index (κ3) is 2.05. The molecule has 0 amide bonds. The number of nitrogens with zero attached hydrogens (tertiary/aromatic N) is 8. The Labute approximate surface area is 113 Å². The molecule has 0 saturated carbocycles. The van der Waals surface area contributed by atoms with Gasteiger partial charge >= 0.3 is 0 Å². The van der Waals surface area contributed by atoms with Gasteiger partial charge in [-0.25, -0.2) is 4.68 Å². The van der Waals surface area contributed by atoms with Gasteiger partial charge in [0.15, 0.2) is 0 Å². The molecule has 0 atom stereocenters. The van der Waals surface area contributed by atoms with Gasteiger partial charge < -0.3 is 0 Å². The van der Waals surface area contributed by atoms with Gasteiger partial charge in [-0.2, -0.15) is 9.61 Å². The molecule has 0 aliphatic heterocycles. The molecular weight excluding hydrogens is 264 g/mol. The second-order valence-corrected chi connectivity index (χ2v) is 5.20. The fourth-order valence-electron chi connectivity index (χ4n) is 1.74. The molecule has 0 aliphatic carbocycles. The summed E-state index contributed by atoms with van der Waals surface area (Å²) >= 11 is 1.55. The third-order valence-corrected chi connectivity index (χ3v) is 3.29. The van der Waals surface area contributed by atoms with E-state index >= 15 is 0 Å². The van der Waals surface area contributed by atoms with E-state index in [1.807, 2.05) is 26.8 Å². The first-order valence-corrected chi connectivity index (χ1v) is 6.80. The van der Waals surface area contributed by atoms with Gasteiger partial charge in [0.2, 0.25) is 5.16 Å². The van der Waals surface area contributed by atoms with Crippen LogP contribution in [-0.2, 0) is 0 Å². The van der Waals surface area contributed by atoms with Gasteiger partial charge in [-0.15, -0.1) is 25.5 Å². The van der Waals surface area contributed by atoms with Crippen molar-refractivity contribution >= 4 is 17.5 Å². The van der Waals surface area contributed by atoms with Crippen molar-refractivity contribution in [1.29, 1.82) is 0 Å². The van der Waals surface area contributed by atoms with Crippen LogP contribution >= 0.6 is 11.8 Å². The van der Waals surface area contributed by atoms with Crippen molar-refractivity contribution in [3.8, 4) is 5.95 Å². The Bertz CT molecular complexity index is 730. The first-order valence-electron chi connectivity index (χ1n) is 5.81. The zero-order valence-corrected chi connectivity index (χ0v) is 11.6. The lowest BCUT2D eigenvalue weighted by Crippen LogP contribution is -2.10. The Morgan fingerprint density at radius 1 is 1.11 bits per heavy atom. The van der Waals surface area contributed by atoms with Gasteiger partial charge in [0.1, 0.15) is 0 Å². The number of aryl methyl sites for hydroxylation is 2. The Morgan fingerprint density at radius 3 is 2.58 bits per heavy atom. The SMILES string of the molecule is CCSc1nnc2nnc(-n3nc(C)cc3C)nn12. The van der Waals surface area contributed by atoms with E-state index in [-0.39, 0.29) is 0 Å². The lowest BCUT2D eigenvalue weighted by atomic mass is 10.4. The highest BCUT2D eigenvalue weighted by Crippen LogP contribution is 2.14. The zero-order valence-electron chi connectivity index (χ0n) is 10.8. The van der Waals surface area contributed by atoms with Gasteiger partial charge in [-0.3, -0.25) is 0 Å². The van der Waals surface area contributed by atoms with Crippen LogP contribution in [0.4, 0.5) is 0 Å². The van der Waals surface area contributed by atoms with Crippen LogP contribution < -0.4 is 0 Å². The van der Waals surface area contributed by atoms with Crippen molar-refractivity contribution in [2.45, 2.75) is 25.9 Å². The van der Waals surface area contributed by atoms with Gasteiger partial charge in [-0.05, 0) is 25.7 Å². The Kier molecular flexibility index (Phi) is 2.90. The molecule has 0 spiro atoms. The average molecular weight is 276 g/mol. The molecule has 3 heterocycles. The van der Waals surface area contributed by atoms with Crippen LogP contribution in [-0.4, -0.2) is 45.5 Å². The highest BCUT2D eigenvalue weighted by atomic mass is 32.2. The molecule has 0 unspecified atom stereocenters. The van der Waals surface area contributed by atoms with Crippen LogP contribution in [0, 0.1) is 13.8 Å². The Morgan fingerprint density at radius 2 is 1.89 bits per heavy atom. The summed E-state index contributed by atoms with van der Waals surface area (Å²) in [5, 5.41) is 25.4. The molecule has 0 aliphatic rings. The molecular formula is C10H12N8S. The largest absolute Gasteiger partial charge is 0.291 e. The van der Waals surface area contributed by atoms with Crippen molar-refractivity contribution in [3.63, 3.8) is 0 Å². The predicted octanol–water partition coefficient (Wildman–Crippen LogP) is 0.829. The van der Waals surface area contributed by atoms with Crippen molar-refractivity contribution in [3.05, 3.63) is 17.5 Å². The molecule has 3 aromatic heterocycles. The minimum Gasteiger partial charge on any atom is -0.200 e. The Balaban J connectivity index is 2.14. The van der Waals surface area contributed by atoms with Crippen LogP contribution in [0.3, 0.4) is 0 Å². The van der Waals surface area contributed by atoms with Gasteiger partial charge in [0.05, 0.1) is 5.69 Å². The van der Waals surface area contributed by atoms with E-state index in [0.29, 0.717) is 16.9 Å². The van der Waals surface area contributed by atoms with Crippen molar-refractivity contribution in [2.75, 3.05) is 5.75 Å². The van der Waals surface area contributed by atoms with Crippen LogP contribution in [0.25, 0.3) is 11.7 Å². The van der Waals surface area contributed by atoms with Gasteiger partial charge in [0.25, 0.3) is 11.7 Å². The molecule has 0 fully saturated rings. The lowest BCUT2D eigenvalue weighted by molar-refractivity contribution is 0.676. The van der Waals surface area contributed by atoms with E-state index in [1.165, 1.54) is 0 Å². The van der Waals surface area contributed by atoms with E-state index in [1.54, 1.807) is 21.0 Å². The third-order valence-electron chi connectivity index (χ3n) is 2.49. The molecule has 0 radical (unpaired) electrons. The minimum atomic E-state index is 0.390. The maximum atomic E-state index is 4.40. The summed E-state index contributed by atoms with van der Waals surface area (Å²) in [5.74, 6) is 1.69. The van der Waals surface area contributed by atoms with E-state index in [4.69, 9.17) is 0 Å². The summed E-state index contributed by atoms with van der Waals surface area (Å²) in [6, 6.07) is 1.96. The van der Waals surface area contributed by atoms with E-state index < -0.39 is 0 Å². The van der Waals surface area contributed by atoms with E-state index in [0.717, 1.165) is 17.1 Å². The lowest BCUT2D eigenvalue weighted by Gasteiger charge is -2.01. The molecule has 0 bridgehead atoms.